The molecular weight excluding hydrogens is 307 g/mol. The van der Waals surface area contributed by atoms with E-state index in [0.29, 0.717) is 18.5 Å². The average Bonchev–Trinajstić information content (AvgIpc) is 3.25. The fourth-order valence-corrected chi connectivity index (χ4v) is 3.82. The first kappa shape index (κ1) is 13.5. The van der Waals surface area contributed by atoms with Crippen LogP contribution in [0.1, 0.15) is 37.3 Å². The third kappa shape index (κ3) is 2.71. The quantitative estimate of drug-likeness (QED) is 0.921. The average molecular weight is 327 g/mol. The van der Waals surface area contributed by atoms with Gasteiger partial charge in [0.1, 0.15) is 5.82 Å². The molecule has 2 unspecified atom stereocenters. The van der Waals surface area contributed by atoms with Crippen LogP contribution >= 0.6 is 15.9 Å². The normalized spacial score (nSPS) is 28.6. The minimum atomic E-state index is -0.157. The molecule has 2 N–H and O–H groups in total. The maximum atomic E-state index is 13.6. The van der Waals surface area contributed by atoms with Crippen molar-refractivity contribution in [3.05, 3.63) is 34.1 Å². The third-order valence-corrected chi connectivity index (χ3v) is 5.11. The van der Waals surface area contributed by atoms with E-state index in [9.17, 15) is 4.39 Å². The number of nitrogens with two attached hydrogens (primary N) is 1. The summed E-state index contributed by atoms with van der Waals surface area (Å²) in [6.07, 6.45) is 4.91. The van der Waals surface area contributed by atoms with Crippen LogP contribution in [0, 0.1) is 11.7 Å². The standard InChI is InChI=1S/C15H20BrFN2/c16-14-6-3-11(17)8-13(14)15-10(9-18)2-1-7-19(15)12-4-5-12/h3,6,8,10,12,15H,1-2,4-5,7,9,18H2. The number of benzene rings is 1. The molecular formula is C15H20BrFN2. The molecule has 1 aliphatic carbocycles. The highest BCUT2D eigenvalue weighted by Gasteiger charge is 2.40. The second kappa shape index (κ2) is 5.51. The minimum Gasteiger partial charge on any atom is -0.330 e. The molecule has 3 rings (SSSR count). The molecule has 0 aromatic heterocycles. The Bertz CT molecular complexity index is 461. The maximum absolute atomic E-state index is 13.6. The summed E-state index contributed by atoms with van der Waals surface area (Å²) >= 11 is 3.59. The van der Waals surface area contributed by atoms with Crippen molar-refractivity contribution in [2.24, 2.45) is 11.7 Å². The number of piperidine rings is 1. The van der Waals surface area contributed by atoms with Crippen molar-refractivity contribution >= 4 is 15.9 Å². The van der Waals surface area contributed by atoms with E-state index in [1.54, 1.807) is 6.07 Å². The van der Waals surface area contributed by atoms with Crippen molar-refractivity contribution in [2.75, 3.05) is 13.1 Å². The van der Waals surface area contributed by atoms with Gasteiger partial charge in [-0.1, -0.05) is 15.9 Å². The van der Waals surface area contributed by atoms with E-state index < -0.39 is 0 Å². The lowest BCUT2D eigenvalue weighted by atomic mass is 9.84. The Morgan fingerprint density at radius 3 is 2.79 bits per heavy atom. The van der Waals surface area contributed by atoms with Crippen LogP contribution in [0.25, 0.3) is 0 Å². The number of likely N-dealkylation sites (tertiary alicyclic amines) is 1. The molecule has 1 heterocycles. The van der Waals surface area contributed by atoms with Gasteiger partial charge in [0, 0.05) is 16.6 Å². The van der Waals surface area contributed by atoms with E-state index in [4.69, 9.17) is 5.73 Å². The first-order valence-electron chi connectivity index (χ1n) is 7.11. The third-order valence-electron chi connectivity index (χ3n) is 4.39. The topological polar surface area (TPSA) is 29.3 Å². The maximum Gasteiger partial charge on any atom is 0.123 e. The SMILES string of the molecule is NCC1CCCN(C2CC2)C1c1cc(F)ccc1Br. The molecule has 19 heavy (non-hydrogen) atoms. The van der Waals surface area contributed by atoms with Crippen molar-refractivity contribution in [2.45, 2.75) is 37.8 Å². The summed E-state index contributed by atoms with van der Waals surface area (Å²) in [4.78, 5) is 2.56. The zero-order valence-corrected chi connectivity index (χ0v) is 12.6. The van der Waals surface area contributed by atoms with Crippen LogP contribution in [0.4, 0.5) is 4.39 Å². The molecule has 1 aromatic carbocycles. The van der Waals surface area contributed by atoms with Crippen molar-refractivity contribution in [1.29, 1.82) is 0 Å². The molecule has 0 radical (unpaired) electrons. The molecule has 2 fully saturated rings. The fraction of sp³-hybridized carbons (Fsp3) is 0.600. The first-order chi connectivity index (χ1) is 9.20. The van der Waals surface area contributed by atoms with Gasteiger partial charge in [0.05, 0.1) is 0 Å². The molecule has 104 valence electrons. The summed E-state index contributed by atoms with van der Waals surface area (Å²) < 4.78 is 14.6. The van der Waals surface area contributed by atoms with Crippen LogP contribution in [0.5, 0.6) is 0 Å². The molecule has 1 saturated carbocycles. The van der Waals surface area contributed by atoms with Crippen molar-refractivity contribution in [3.63, 3.8) is 0 Å². The highest BCUT2D eigenvalue weighted by molar-refractivity contribution is 9.10. The first-order valence-corrected chi connectivity index (χ1v) is 7.90. The van der Waals surface area contributed by atoms with Crippen molar-refractivity contribution in [3.8, 4) is 0 Å². The summed E-state index contributed by atoms with van der Waals surface area (Å²) in [5.74, 6) is 0.280. The van der Waals surface area contributed by atoms with Crippen LogP contribution in [0.15, 0.2) is 22.7 Å². The molecule has 1 saturated heterocycles. The molecule has 0 bridgehead atoms. The summed E-state index contributed by atoms with van der Waals surface area (Å²) in [5, 5.41) is 0. The largest absolute Gasteiger partial charge is 0.330 e. The Balaban J connectivity index is 1.97. The van der Waals surface area contributed by atoms with Gasteiger partial charge in [-0.05, 0) is 68.5 Å². The van der Waals surface area contributed by atoms with Gasteiger partial charge in [0.25, 0.3) is 0 Å². The number of hydrogen-bond acceptors (Lipinski definition) is 2. The molecule has 1 aromatic rings. The van der Waals surface area contributed by atoms with Gasteiger partial charge in [0.2, 0.25) is 0 Å². The molecule has 0 amide bonds. The predicted molar refractivity (Wildman–Crippen MR) is 78.3 cm³/mol. The van der Waals surface area contributed by atoms with E-state index in [-0.39, 0.29) is 11.9 Å². The van der Waals surface area contributed by atoms with Gasteiger partial charge >= 0.3 is 0 Å². The number of halogens is 2. The van der Waals surface area contributed by atoms with Crippen molar-refractivity contribution < 1.29 is 4.39 Å². The number of hydrogen-bond donors (Lipinski definition) is 1. The van der Waals surface area contributed by atoms with E-state index in [0.717, 1.165) is 23.0 Å². The van der Waals surface area contributed by atoms with Gasteiger partial charge in [-0.15, -0.1) is 0 Å². The Labute approximate surface area is 122 Å². The fourth-order valence-electron chi connectivity index (χ4n) is 3.34. The lowest BCUT2D eigenvalue weighted by Crippen LogP contribution is -2.43. The van der Waals surface area contributed by atoms with E-state index in [2.05, 4.69) is 20.8 Å². The van der Waals surface area contributed by atoms with Crippen LogP contribution in [0.2, 0.25) is 0 Å². The highest BCUT2D eigenvalue weighted by atomic mass is 79.9. The summed E-state index contributed by atoms with van der Waals surface area (Å²) in [6.45, 7) is 1.80. The molecule has 2 aliphatic rings. The Hall–Kier alpha value is -0.450. The molecule has 0 spiro atoms. The smallest absolute Gasteiger partial charge is 0.123 e. The lowest BCUT2D eigenvalue weighted by molar-refractivity contribution is 0.0873. The van der Waals surface area contributed by atoms with Crippen LogP contribution in [-0.2, 0) is 0 Å². The number of nitrogens with zero attached hydrogens (tertiary/aromatic N) is 1. The second-order valence-corrected chi connectivity index (χ2v) is 6.57. The molecule has 4 heteroatoms. The highest BCUT2D eigenvalue weighted by Crippen LogP contribution is 2.44. The summed E-state index contributed by atoms with van der Waals surface area (Å²) in [5.41, 5.74) is 7.04. The summed E-state index contributed by atoms with van der Waals surface area (Å²) in [6, 6.07) is 5.97. The minimum absolute atomic E-state index is 0.157. The van der Waals surface area contributed by atoms with E-state index in [1.807, 2.05) is 6.07 Å². The van der Waals surface area contributed by atoms with Gasteiger partial charge in [-0.25, -0.2) is 4.39 Å². The van der Waals surface area contributed by atoms with Gasteiger partial charge in [-0.3, -0.25) is 4.90 Å². The zero-order valence-electron chi connectivity index (χ0n) is 11.0. The van der Waals surface area contributed by atoms with Crippen LogP contribution < -0.4 is 5.73 Å². The molecule has 1 aliphatic heterocycles. The van der Waals surface area contributed by atoms with Gasteiger partial charge < -0.3 is 5.73 Å². The molecule has 2 atom stereocenters. The Morgan fingerprint density at radius 1 is 1.32 bits per heavy atom. The molecule has 2 nitrogen and oxygen atoms in total. The van der Waals surface area contributed by atoms with Crippen LogP contribution in [-0.4, -0.2) is 24.0 Å². The van der Waals surface area contributed by atoms with Gasteiger partial charge in [0.15, 0.2) is 0 Å². The monoisotopic (exact) mass is 326 g/mol. The summed E-state index contributed by atoms with van der Waals surface area (Å²) in [7, 11) is 0. The van der Waals surface area contributed by atoms with E-state index in [1.165, 1.54) is 25.3 Å². The number of rotatable bonds is 3. The zero-order chi connectivity index (χ0) is 13.4. The Morgan fingerprint density at radius 2 is 2.11 bits per heavy atom. The lowest BCUT2D eigenvalue weighted by Gasteiger charge is -2.42. The van der Waals surface area contributed by atoms with E-state index >= 15 is 0 Å². The van der Waals surface area contributed by atoms with Gasteiger partial charge in [-0.2, -0.15) is 0 Å². The van der Waals surface area contributed by atoms with Crippen LogP contribution in [0.3, 0.4) is 0 Å². The second-order valence-electron chi connectivity index (χ2n) is 5.72. The Kier molecular flexibility index (Phi) is 3.92. The van der Waals surface area contributed by atoms with Crippen molar-refractivity contribution in [1.82, 2.24) is 4.90 Å². The predicted octanol–water partition coefficient (Wildman–Crippen LogP) is 3.46.